The second kappa shape index (κ2) is 9.43. The van der Waals surface area contributed by atoms with Gasteiger partial charge in [-0.25, -0.2) is 4.79 Å². The van der Waals surface area contributed by atoms with Crippen LogP contribution in [0.15, 0.2) is 12.1 Å². The number of carbonyl (C=O) groups excluding carboxylic acids is 2. The van der Waals surface area contributed by atoms with Gasteiger partial charge in [0.1, 0.15) is 11.4 Å². The van der Waals surface area contributed by atoms with Crippen molar-refractivity contribution in [3.8, 4) is 5.75 Å². The van der Waals surface area contributed by atoms with Crippen molar-refractivity contribution in [3.05, 3.63) is 27.7 Å². The molecule has 0 bridgehead atoms. The van der Waals surface area contributed by atoms with Crippen LogP contribution < -0.4 is 0 Å². The maximum Gasteiger partial charge on any atom is 0.410 e. The molecule has 2 aliphatic heterocycles. The summed E-state index contributed by atoms with van der Waals surface area (Å²) in [6.45, 7) is 7.38. The molecule has 2 heterocycles. The number of hydrogen-bond donors (Lipinski definition) is 2. The Labute approximate surface area is 192 Å². The monoisotopic (exact) mass is 472 g/mol. The smallest absolute Gasteiger partial charge is 0.410 e. The number of phenols is 1. The number of amides is 2. The summed E-state index contributed by atoms with van der Waals surface area (Å²) in [5.74, 6) is -0.382. The summed E-state index contributed by atoms with van der Waals surface area (Å²) in [5, 5.41) is 21.4. The number of benzene rings is 1. The van der Waals surface area contributed by atoms with E-state index in [4.69, 9.17) is 27.9 Å². The fourth-order valence-corrected chi connectivity index (χ4v) is 4.52. The zero-order valence-corrected chi connectivity index (χ0v) is 19.6. The lowest BCUT2D eigenvalue weighted by Crippen LogP contribution is -2.44. The Balaban J connectivity index is 1.53. The number of nitrogens with zero attached hydrogens (tertiary/aromatic N) is 2. The van der Waals surface area contributed by atoms with Crippen LogP contribution >= 0.6 is 23.2 Å². The van der Waals surface area contributed by atoms with E-state index in [9.17, 15) is 19.8 Å². The average molecular weight is 473 g/mol. The second-order valence-corrected chi connectivity index (χ2v) is 10.2. The van der Waals surface area contributed by atoms with Crippen LogP contribution in [0.5, 0.6) is 5.75 Å². The van der Waals surface area contributed by atoms with Gasteiger partial charge in [0.05, 0.1) is 22.1 Å². The molecule has 1 aromatic rings. The molecule has 2 atom stereocenters. The van der Waals surface area contributed by atoms with Crippen LogP contribution in [-0.2, 0) is 9.53 Å². The minimum absolute atomic E-state index is 0.0383. The summed E-state index contributed by atoms with van der Waals surface area (Å²) >= 11 is 11.9. The number of aliphatic hydroxyl groups is 1. The molecule has 2 saturated heterocycles. The summed E-state index contributed by atoms with van der Waals surface area (Å²) in [5.41, 5.74) is -0.215. The Kier molecular flexibility index (Phi) is 7.28. The molecule has 31 heavy (non-hydrogen) atoms. The summed E-state index contributed by atoms with van der Waals surface area (Å²) in [6, 6.07) is 2.82. The lowest BCUT2D eigenvalue weighted by Gasteiger charge is -2.35. The molecule has 0 aromatic heterocycles. The number of aromatic hydroxyl groups is 1. The van der Waals surface area contributed by atoms with Gasteiger partial charge in [-0.05, 0) is 52.0 Å². The van der Waals surface area contributed by atoms with Crippen LogP contribution in [-0.4, -0.2) is 63.8 Å². The van der Waals surface area contributed by atoms with Crippen LogP contribution in [0.2, 0.25) is 10.0 Å². The molecular weight excluding hydrogens is 443 g/mol. The maximum atomic E-state index is 12.9. The number of piperidine rings is 1. The van der Waals surface area contributed by atoms with Crippen molar-refractivity contribution in [3.63, 3.8) is 0 Å². The zero-order chi connectivity index (χ0) is 22.9. The third-order valence-corrected chi connectivity index (χ3v) is 6.60. The van der Waals surface area contributed by atoms with Gasteiger partial charge in [-0.3, -0.25) is 4.79 Å². The molecule has 2 amide bonds. The van der Waals surface area contributed by atoms with Crippen LogP contribution in [0, 0.1) is 11.8 Å². The highest BCUT2D eigenvalue weighted by atomic mass is 35.5. The van der Waals surface area contributed by atoms with E-state index >= 15 is 0 Å². The van der Waals surface area contributed by atoms with E-state index in [0.717, 1.165) is 0 Å². The molecule has 1 unspecified atom stereocenters. The minimum atomic E-state index is -0.888. The zero-order valence-electron chi connectivity index (χ0n) is 18.1. The standard InChI is InChI=1S/C22H30Cl2N2O5/c1-22(2,3)31-21(30)26-9-6-14(12-26)20(29)25-7-4-13(5-8-25)19(28)15-10-16(23)17(24)11-18(15)27/h10-11,13-14,19,27-28H,4-9,12H2,1-3H3/t14-,19?/m1/s1. The molecule has 3 rings (SSSR count). The highest BCUT2D eigenvalue weighted by molar-refractivity contribution is 6.42. The number of ether oxygens (including phenoxy) is 1. The van der Waals surface area contributed by atoms with Crippen LogP contribution in [0.25, 0.3) is 0 Å². The topological polar surface area (TPSA) is 90.3 Å². The molecule has 0 radical (unpaired) electrons. The number of likely N-dealkylation sites (tertiary alicyclic amines) is 2. The fraction of sp³-hybridized carbons (Fsp3) is 0.636. The van der Waals surface area contributed by atoms with E-state index in [1.165, 1.54) is 12.1 Å². The summed E-state index contributed by atoms with van der Waals surface area (Å²) in [4.78, 5) is 28.6. The SMILES string of the molecule is CC(C)(C)OC(=O)N1CC[C@@H](C(=O)N2CCC(C(O)c3cc(Cl)c(Cl)cc3O)CC2)C1. The molecule has 2 fully saturated rings. The molecule has 0 spiro atoms. The first-order valence-corrected chi connectivity index (χ1v) is 11.3. The maximum absolute atomic E-state index is 12.9. The number of carbonyl (C=O) groups is 2. The molecule has 2 aliphatic rings. The first-order chi connectivity index (χ1) is 14.5. The van der Waals surface area contributed by atoms with E-state index in [2.05, 4.69) is 0 Å². The van der Waals surface area contributed by atoms with Crippen molar-refractivity contribution >= 4 is 35.2 Å². The number of phenolic OH excluding ortho intramolecular Hbond substituents is 1. The van der Waals surface area contributed by atoms with Gasteiger partial charge in [-0.2, -0.15) is 0 Å². The summed E-state index contributed by atoms with van der Waals surface area (Å²) in [6.07, 6.45) is 0.564. The Bertz CT molecular complexity index is 834. The largest absolute Gasteiger partial charge is 0.508 e. The van der Waals surface area contributed by atoms with Gasteiger partial charge < -0.3 is 24.7 Å². The predicted molar refractivity (Wildman–Crippen MR) is 118 cm³/mol. The van der Waals surface area contributed by atoms with Gasteiger partial charge in [-0.1, -0.05) is 23.2 Å². The van der Waals surface area contributed by atoms with Crippen LogP contribution in [0.4, 0.5) is 4.79 Å². The van der Waals surface area contributed by atoms with Crippen molar-refractivity contribution in [2.24, 2.45) is 11.8 Å². The summed E-state index contributed by atoms with van der Waals surface area (Å²) in [7, 11) is 0. The lowest BCUT2D eigenvalue weighted by atomic mass is 9.86. The van der Waals surface area contributed by atoms with E-state index in [0.29, 0.717) is 51.0 Å². The van der Waals surface area contributed by atoms with Gasteiger partial charge in [0.25, 0.3) is 0 Å². The predicted octanol–water partition coefficient (Wildman–Crippen LogP) is 4.23. The van der Waals surface area contributed by atoms with Gasteiger partial charge in [0.15, 0.2) is 0 Å². The molecule has 1 aromatic carbocycles. The first-order valence-electron chi connectivity index (χ1n) is 10.6. The van der Waals surface area contributed by atoms with E-state index in [1.54, 1.807) is 9.80 Å². The highest BCUT2D eigenvalue weighted by Crippen LogP contribution is 2.39. The second-order valence-electron chi connectivity index (χ2n) is 9.34. The van der Waals surface area contributed by atoms with Gasteiger partial charge >= 0.3 is 6.09 Å². The minimum Gasteiger partial charge on any atom is -0.508 e. The molecule has 7 nitrogen and oxygen atoms in total. The van der Waals surface area contributed by atoms with Gasteiger partial charge in [0.2, 0.25) is 5.91 Å². The van der Waals surface area contributed by atoms with Crippen LogP contribution in [0.1, 0.15) is 51.7 Å². The van der Waals surface area contributed by atoms with Crippen molar-refractivity contribution < 1.29 is 24.5 Å². The highest BCUT2D eigenvalue weighted by Gasteiger charge is 2.37. The fourth-order valence-electron chi connectivity index (χ4n) is 4.19. The number of halogens is 2. The Morgan fingerprint density at radius 3 is 2.26 bits per heavy atom. The molecule has 0 aliphatic carbocycles. The van der Waals surface area contributed by atoms with Gasteiger partial charge in [-0.15, -0.1) is 0 Å². The average Bonchev–Trinajstić information content (AvgIpc) is 3.19. The molecule has 172 valence electrons. The van der Waals surface area contributed by atoms with Crippen LogP contribution in [0.3, 0.4) is 0 Å². The Morgan fingerprint density at radius 2 is 1.65 bits per heavy atom. The van der Waals surface area contributed by atoms with E-state index in [1.807, 2.05) is 20.8 Å². The third kappa shape index (κ3) is 5.76. The van der Waals surface area contributed by atoms with Crippen molar-refractivity contribution in [2.45, 2.75) is 51.7 Å². The van der Waals surface area contributed by atoms with E-state index in [-0.39, 0.29) is 39.6 Å². The Hall–Kier alpha value is -1.70. The third-order valence-electron chi connectivity index (χ3n) is 5.88. The molecular formula is C22H30Cl2N2O5. The van der Waals surface area contributed by atoms with E-state index < -0.39 is 11.7 Å². The van der Waals surface area contributed by atoms with Gasteiger partial charge in [0, 0.05) is 37.8 Å². The number of hydrogen-bond acceptors (Lipinski definition) is 5. The van der Waals surface area contributed by atoms with Crippen molar-refractivity contribution in [2.75, 3.05) is 26.2 Å². The summed E-state index contributed by atoms with van der Waals surface area (Å²) < 4.78 is 5.40. The van der Waals surface area contributed by atoms with Crippen molar-refractivity contribution in [1.82, 2.24) is 9.80 Å². The first kappa shape index (κ1) is 24.0. The molecule has 0 saturated carbocycles. The number of rotatable bonds is 3. The molecule has 9 heteroatoms. The molecule has 2 N–H and O–H groups in total. The lowest BCUT2D eigenvalue weighted by molar-refractivity contribution is -0.137. The Morgan fingerprint density at radius 1 is 1.06 bits per heavy atom. The number of aliphatic hydroxyl groups excluding tert-OH is 1. The quantitative estimate of drug-likeness (QED) is 0.686. The van der Waals surface area contributed by atoms with Crippen molar-refractivity contribution in [1.29, 1.82) is 0 Å². The normalized spacial score (nSPS) is 21.3.